The van der Waals surface area contributed by atoms with E-state index < -0.39 is 0 Å². The first kappa shape index (κ1) is 10.2. The van der Waals surface area contributed by atoms with E-state index in [2.05, 4.69) is 23.2 Å². The van der Waals surface area contributed by atoms with Gasteiger partial charge in [0.2, 0.25) is 0 Å². The normalized spacial score (nSPS) is 10.6. The number of benzene rings is 2. The maximum atomic E-state index is 10.7. The van der Waals surface area contributed by atoms with E-state index in [9.17, 15) is 4.79 Å². The number of carbonyl (C=O) groups is 1. The van der Waals surface area contributed by atoms with Crippen molar-refractivity contribution in [1.29, 1.82) is 0 Å². The molecular formula is C14H9NOS. The summed E-state index contributed by atoms with van der Waals surface area (Å²) in [6.07, 6.45) is 2.46. The summed E-state index contributed by atoms with van der Waals surface area (Å²) in [6.45, 7) is 0. The van der Waals surface area contributed by atoms with Gasteiger partial charge in [-0.15, -0.1) is 11.3 Å². The second kappa shape index (κ2) is 4.11. The van der Waals surface area contributed by atoms with Crippen LogP contribution in [0.1, 0.15) is 9.67 Å². The predicted octanol–water partition coefficient (Wildman–Crippen LogP) is 3.78. The van der Waals surface area contributed by atoms with Crippen molar-refractivity contribution in [2.45, 2.75) is 0 Å². The zero-order valence-corrected chi connectivity index (χ0v) is 9.78. The lowest BCUT2D eigenvalue weighted by Gasteiger charge is -2.02. The number of hydrogen-bond acceptors (Lipinski definition) is 3. The van der Waals surface area contributed by atoms with Crippen LogP contribution in [0.15, 0.2) is 48.7 Å². The van der Waals surface area contributed by atoms with Crippen LogP contribution in [0.3, 0.4) is 0 Å². The molecule has 1 heterocycles. The molecule has 0 bridgehead atoms. The van der Waals surface area contributed by atoms with Gasteiger partial charge in [0.05, 0.1) is 4.88 Å². The Bertz CT molecular complexity index is 682. The average molecular weight is 239 g/mol. The molecule has 0 saturated heterocycles. The fourth-order valence-electron chi connectivity index (χ4n) is 1.88. The van der Waals surface area contributed by atoms with Crippen LogP contribution in [-0.4, -0.2) is 11.3 Å². The second-order valence-electron chi connectivity index (χ2n) is 3.71. The third-order valence-corrected chi connectivity index (χ3v) is 3.62. The Morgan fingerprint density at radius 2 is 1.88 bits per heavy atom. The van der Waals surface area contributed by atoms with Gasteiger partial charge < -0.3 is 0 Å². The van der Waals surface area contributed by atoms with Crippen molar-refractivity contribution in [3.63, 3.8) is 0 Å². The molecule has 3 rings (SSSR count). The summed E-state index contributed by atoms with van der Waals surface area (Å²) in [5, 5.41) is 3.25. The SMILES string of the molecule is O=Cc1cnc(-c2cccc3ccccc23)s1. The summed E-state index contributed by atoms with van der Waals surface area (Å²) >= 11 is 1.42. The molecule has 17 heavy (non-hydrogen) atoms. The van der Waals surface area contributed by atoms with Crippen LogP contribution < -0.4 is 0 Å². The molecule has 0 fully saturated rings. The molecular weight excluding hydrogens is 230 g/mol. The van der Waals surface area contributed by atoms with E-state index in [4.69, 9.17) is 0 Å². The number of fused-ring (bicyclic) bond motifs is 1. The largest absolute Gasteiger partial charge is 0.297 e. The minimum atomic E-state index is 0.660. The molecule has 3 heteroatoms. The molecule has 0 unspecified atom stereocenters. The second-order valence-corrected chi connectivity index (χ2v) is 4.77. The first-order valence-electron chi connectivity index (χ1n) is 5.27. The third kappa shape index (κ3) is 1.74. The lowest BCUT2D eigenvalue weighted by Crippen LogP contribution is -1.78. The van der Waals surface area contributed by atoms with Crippen LogP contribution in [0.5, 0.6) is 0 Å². The van der Waals surface area contributed by atoms with Gasteiger partial charge in [-0.25, -0.2) is 4.98 Å². The van der Waals surface area contributed by atoms with Crippen LogP contribution in [0, 0.1) is 0 Å². The van der Waals surface area contributed by atoms with E-state index in [1.54, 1.807) is 6.20 Å². The highest BCUT2D eigenvalue weighted by atomic mass is 32.1. The maximum absolute atomic E-state index is 10.7. The monoisotopic (exact) mass is 239 g/mol. The molecule has 0 radical (unpaired) electrons. The standard InChI is InChI=1S/C14H9NOS/c16-9-11-8-15-14(17-11)13-7-3-5-10-4-1-2-6-12(10)13/h1-9H. The molecule has 0 aliphatic carbocycles. The highest BCUT2D eigenvalue weighted by Gasteiger charge is 2.07. The Hall–Kier alpha value is -2.00. The van der Waals surface area contributed by atoms with Crippen molar-refractivity contribution < 1.29 is 4.79 Å². The Labute approximate surface area is 103 Å². The minimum absolute atomic E-state index is 0.660. The van der Waals surface area contributed by atoms with Crippen molar-refractivity contribution in [3.05, 3.63) is 53.5 Å². The fraction of sp³-hybridized carbons (Fsp3) is 0. The number of carbonyl (C=O) groups excluding carboxylic acids is 1. The van der Waals surface area contributed by atoms with E-state index in [0.29, 0.717) is 4.88 Å². The van der Waals surface area contributed by atoms with Gasteiger partial charge in [-0.05, 0) is 10.8 Å². The van der Waals surface area contributed by atoms with Gasteiger partial charge >= 0.3 is 0 Å². The zero-order chi connectivity index (χ0) is 11.7. The van der Waals surface area contributed by atoms with Gasteiger partial charge in [0, 0.05) is 11.8 Å². The summed E-state index contributed by atoms with van der Waals surface area (Å²) in [5.41, 5.74) is 1.08. The van der Waals surface area contributed by atoms with Crippen molar-refractivity contribution in [1.82, 2.24) is 4.98 Å². The number of aromatic nitrogens is 1. The van der Waals surface area contributed by atoms with Gasteiger partial charge in [-0.1, -0.05) is 42.5 Å². The third-order valence-electron chi connectivity index (χ3n) is 2.66. The van der Waals surface area contributed by atoms with Crippen molar-refractivity contribution in [2.24, 2.45) is 0 Å². The summed E-state index contributed by atoms with van der Waals surface area (Å²) in [7, 11) is 0. The molecule has 2 aromatic carbocycles. The number of rotatable bonds is 2. The van der Waals surface area contributed by atoms with Gasteiger partial charge in [0.25, 0.3) is 0 Å². The molecule has 2 nitrogen and oxygen atoms in total. The molecule has 0 saturated carbocycles. The van der Waals surface area contributed by atoms with Gasteiger partial charge in [0.15, 0.2) is 6.29 Å². The van der Waals surface area contributed by atoms with E-state index in [1.165, 1.54) is 22.1 Å². The minimum Gasteiger partial charge on any atom is -0.297 e. The van der Waals surface area contributed by atoms with E-state index in [1.807, 2.05) is 24.3 Å². The van der Waals surface area contributed by atoms with Gasteiger partial charge in [0.1, 0.15) is 5.01 Å². The molecule has 0 aliphatic rings. The zero-order valence-electron chi connectivity index (χ0n) is 8.96. The average Bonchev–Trinajstić information content (AvgIpc) is 2.87. The Morgan fingerprint density at radius 3 is 2.71 bits per heavy atom. The molecule has 3 aromatic rings. The molecule has 1 aromatic heterocycles. The molecule has 0 N–H and O–H groups in total. The summed E-state index contributed by atoms with van der Waals surface area (Å²) in [4.78, 5) is 15.6. The summed E-state index contributed by atoms with van der Waals surface area (Å²) in [5.74, 6) is 0. The molecule has 82 valence electrons. The van der Waals surface area contributed by atoms with Crippen molar-refractivity contribution in [2.75, 3.05) is 0 Å². The Kier molecular flexibility index (Phi) is 2.46. The lowest BCUT2D eigenvalue weighted by atomic mass is 10.1. The topological polar surface area (TPSA) is 30.0 Å². The molecule has 0 amide bonds. The van der Waals surface area contributed by atoms with Crippen molar-refractivity contribution >= 4 is 28.4 Å². The molecule has 0 atom stereocenters. The van der Waals surface area contributed by atoms with Gasteiger partial charge in [-0.3, -0.25) is 4.79 Å². The van der Waals surface area contributed by atoms with Crippen LogP contribution in [0.4, 0.5) is 0 Å². The van der Waals surface area contributed by atoms with Crippen molar-refractivity contribution in [3.8, 4) is 10.6 Å². The number of hydrogen-bond donors (Lipinski definition) is 0. The van der Waals surface area contributed by atoms with Crippen LogP contribution in [-0.2, 0) is 0 Å². The maximum Gasteiger partial charge on any atom is 0.161 e. The predicted molar refractivity (Wildman–Crippen MR) is 70.4 cm³/mol. The molecule has 0 aliphatic heterocycles. The van der Waals surface area contributed by atoms with Crippen LogP contribution in [0.2, 0.25) is 0 Å². The number of aldehydes is 1. The highest BCUT2D eigenvalue weighted by Crippen LogP contribution is 2.30. The van der Waals surface area contributed by atoms with Crippen LogP contribution >= 0.6 is 11.3 Å². The first-order valence-corrected chi connectivity index (χ1v) is 6.09. The number of thiazole rings is 1. The van der Waals surface area contributed by atoms with E-state index in [-0.39, 0.29) is 0 Å². The first-order chi connectivity index (χ1) is 8.38. The van der Waals surface area contributed by atoms with E-state index >= 15 is 0 Å². The lowest BCUT2D eigenvalue weighted by molar-refractivity contribution is 0.112. The number of nitrogens with zero attached hydrogens (tertiary/aromatic N) is 1. The quantitative estimate of drug-likeness (QED) is 0.637. The fourth-order valence-corrected chi connectivity index (χ4v) is 2.65. The highest BCUT2D eigenvalue weighted by molar-refractivity contribution is 7.16. The molecule has 0 spiro atoms. The Morgan fingerprint density at radius 1 is 1.06 bits per heavy atom. The smallest absolute Gasteiger partial charge is 0.161 e. The van der Waals surface area contributed by atoms with Gasteiger partial charge in [-0.2, -0.15) is 0 Å². The van der Waals surface area contributed by atoms with Crippen LogP contribution in [0.25, 0.3) is 21.3 Å². The summed E-state index contributed by atoms with van der Waals surface area (Å²) in [6, 6.07) is 14.3. The van der Waals surface area contributed by atoms with E-state index in [0.717, 1.165) is 16.9 Å². The summed E-state index contributed by atoms with van der Waals surface area (Å²) < 4.78 is 0. The Balaban J connectivity index is 2.26.